The molecule has 0 radical (unpaired) electrons. The second-order valence-electron chi connectivity index (χ2n) is 3.58. The molecule has 0 aliphatic carbocycles. The summed E-state index contributed by atoms with van der Waals surface area (Å²) < 4.78 is 13.5. The largest absolute Gasteiger partial charge is 0.294 e. The Morgan fingerprint density at radius 1 is 1.53 bits per heavy atom. The van der Waals surface area contributed by atoms with Gasteiger partial charge in [-0.2, -0.15) is 0 Å². The van der Waals surface area contributed by atoms with Crippen molar-refractivity contribution in [2.75, 3.05) is 0 Å². The summed E-state index contributed by atoms with van der Waals surface area (Å²) in [6, 6.07) is 4.21. The van der Waals surface area contributed by atoms with Gasteiger partial charge in [0.25, 0.3) is 0 Å². The van der Waals surface area contributed by atoms with Gasteiger partial charge in [-0.25, -0.2) is 9.37 Å². The molecule has 17 heavy (non-hydrogen) atoms. The zero-order valence-electron chi connectivity index (χ0n) is 9.04. The van der Waals surface area contributed by atoms with Gasteiger partial charge in [-0.15, -0.1) is 11.3 Å². The minimum absolute atomic E-state index is 0.0537. The lowest BCUT2D eigenvalue weighted by Crippen LogP contribution is -2.07. The number of rotatable bonds is 3. The van der Waals surface area contributed by atoms with Crippen molar-refractivity contribution in [3.8, 4) is 0 Å². The van der Waals surface area contributed by atoms with E-state index in [4.69, 9.17) is 11.6 Å². The highest BCUT2D eigenvalue weighted by Gasteiger charge is 2.17. The van der Waals surface area contributed by atoms with E-state index in [0.29, 0.717) is 5.01 Å². The molecule has 0 N–H and O–H groups in total. The number of thiazole rings is 1. The average Bonchev–Trinajstić information content (AvgIpc) is 2.63. The predicted octanol–water partition coefficient (Wildman–Crippen LogP) is 3.67. The number of Topliss-reactive ketones (excluding diaryl/α,β-unsaturated/α-hetero) is 1. The number of hydrogen-bond acceptors (Lipinski definition) is 3. The number of nitrogens with zero attached hydrogens (tertiary/aromatic N) is 1. The highest BCUT2D eigenvalue weighted by Crippen LogP contribution is 2.21. The number of carbonyl (C=O) groups excluding carboxylic acids is 1. The van der Waals surface area contributed by atoms with E-state index in [1.807, 2.05) is 12.3 Å². The van der Waals surface area contributed by atoms with Gasteiger partial charge in [0, 0.05) is 11.1 Å². The molecule has 0 saturated heterocycles. The van der Waals surface area contributed by atoms with E-state index in [2.05, 4.69) is 4.98 Å². The van der Waals surface area contributed by atoms with E-state index < -0.39 is 5.82 Å². The molecule has 0 aliphatic rings. The summed E-state index contributed by atoms with van der Waals surface area (Å²) >= 11 is 7.20. The van der Waals surface area contributed by atoms with Gasteiger partial charge in [-0.1, -0.05) is 17.7 Å². The summed E-state index contributed by atoms with van der Waals surface area (Å²) in [6.07, 6.45) is 0.0825. The molecule has 5 heteroatoms. The lowest BCUT2D eigenvalue weighted by atomic mass is 10.1. The Morgan fingerprint density at radius 2 is 2.29 bits per heavy atom. The molecule has 0 fully saturated rings. The first kappa shape index (κ1) is 12.2. The van der Waals surface area contributed by atoms with Crippen molar-refractivity contribution in [3.63, 3.8) is 0 Å². The molecule has 0 spiro atoms. The van der Waals surface area contributed by atoms with Gasteiger partial charge in [-0.05, 0) is 19.1 Å². The SMILES string of the molecule is Cc1csc(CC(=O)c2c(F)cccc2Cl)n1. The molecule has 2 rings (SSSR count). The number of aryl methyl sites for hydroxylation is 1. The van der Waals surface area contributed by atoms with Crippen molar-refractivity contribution in [2.45, 2.75) is 13.3 Å². The molecule has 0 unspecified atom stereocenters. The highest BCUT2D eigenvalue weighted by molar-refractivity contribution is 7.09. The van der Waals surface area contributed by atoms with Crippen molar-refractivity contribution in [3.05, 3.63) is 50.7 Å². The maximum atomic E-state index is 13.5. The first-order valence-corrected chi connectivity index (χ1v) is 6.22. The molecule has 2 nitrogen and oxygen atoms in total. The number of benzene rings is 1. The summed E-state index contributed by atoms with van der Waals surface area (Å²) in [4.78, 5) is 16.1. The molecule has 1 aromatic heterocycles. The Hall–Kier alpha value is -1.26. The van der Waals surface area contributed by atoms with Crippen molar-refractivity contribution in [2.24, 2.45) is 0 Å². The van der Waals surface area contributed by atoms with Crippen molar-refractivity contribution in [1.29, 1.82) is 0 Å². The molecule has 1 aromatic carbocycles. The maximum absolute atomic E-state index is 13.5. The molecule has 0 aliphatic heterocycles. The quantitative estimate of drug-likeness (QED) is 0.796. The molecule has 0 saturated carbocycles. The number of hydrogen-bond donors (Lipinski definition) is 0. The summed E-state index contributed by atoms with van der Waals surface area (Å²) in [6.45, 7) is 1.85. The Labute approximate surface area is 107 Å². The second-order valence-corrected chi connectivity index (χ2v) is 4.93. The topological polar surface area (TPSA) is 30.0 Å². The molecule has 0 atom stereocenters. The molecular formula is C12H9ClFNOS. The molecule has 1 heterocycles. The fraction of sp³-hybridized carbons (Fsp3) is 0.167. The molecule has 0 amide bonds. The van der Waals surface area contributed by atoms with Crippen LogP contribution in [0.5, 0.6) is 0 Å². The van der Waals surface area contributed by atoms with E-state index in [-0.39, 0.29) is 22.8 Å². The molecule has 88 valence electrons. The van der Waals surface area contributed by atoms with Gasteiger partial charge in [0.1, 0.15) is 10.8 Å². The van der Waals surface area contributed by atoms with Crippen LogP contribution in [0.3, 0.4) is 0 Å². The number of halogens is 2. The van der Waals surface area contributed by atoms with Crippen molar-refractivity contribution < 1.29 is 9.18 Å². The van der Waals surface area contributed by atoms with Gasteiger partial charge >= 0.3 is 0 Å². The zero-order chi connectivity index (χ0) is 12.4. The third kappa shape index (κ3) is 2.70. The Bertz CT molecular complexity index is 547. The smallest absolute Gasteiger partial charge is 0.174 e. The van der Waals surface area contributed by atoms with Gasteiger partial charge < -0.3 is 0 Å². The highest BCUT2D eigenvalue weighted by atomic mass is 35.5. The van der Waals surface area contributed by atoms with Crippen LogP contribution in [-0.2, 0) is 6.42 Å². The second kappa shape index (κ2) is 4.94. The maximum Gasteiger partial charge on any atom is 0.174 e. The third-order valence-electron chi connectivity index (χ3n) is 2.22. The first-order valence-electron chi connectivity index (χ1n) is 4.96. The minimum atomic E-state index is -0.587. The summed E-state index contributed by atoms with van der Waals surface area (Å²) in [5, 5.41) is 2.67. The zero-order valence-corrected chi connectivity index (χ0v) is 10.6. The Morgan fingerprint density at radius 3 is 2.88 bits per heavy atom. The van der Waals surface area contributed by atoms with Gasteiger partial charge in [0.05, 0.1) is 17.0 Å². The number of ketones is 1. The van der Waals surface area contributed by atoms with Gasteiger partial charge in [0.2, 0.25) is 0 Å². The number of carbonyl (C=O) groups is 1. The van der Waals surface area contributed by atoms with E-state index in [1.54, 1.807) is 0 Å². The van der Waals surface area contributed by atoms with Crippen LogP contribution in [0.15, 0.2) is 23.6 Å². The van der Waals surface area contributed by atoms with Crippen LogP contribution in [-0.4, -0.2) is 10.8 Å². The van der Waals surface area contributed by atoms with Crippen LogP contribution in [0, 0.1) is 12.7 Å². The Balaban J connectivity index is 2.26. The van der Waals surface area contributed by atoms with E-state index in [9.17, 15) is 9.18 Å². The standard InChI is InChI=1S/C12H9ClFNOS/c1-7-6-17-11(15-7)5-10(16)12-8(13)3-2-4-9(12)14/h2-4,6H,5H2,1H3. The van der Waals surface area contributed by atoms with Crippen molar-refractivity contribution in [1.82, 2.24) is 4.98 Å². The monoisotopic (exact) mass is 269 g/mol. The van der Waals surface area contributed by atoms with E-state index >= 15 is 0 Å². The summed E-state index contributed by atoms with van der Waals surface area (Å²) in [5.74, 6) is -0.932. The first-order chi connectivity index (χ1) is 8.08. The summed E-state index contributed by atoms with van der Waals surface area (Å²) in [7, 11) is 0. The van der Waals surface area contributed by atoms with Crippen LogP contribution in [0.1, 0.15) is 21.1 Å². The normalized spacial score (nSPS) is 10.5. The van der Waals surface area contributed by atoms with Crippen molar-refractivity contribution >= 4 is 28.7 Å². The third-order valence-corrected chi connectivity index (χ3v) is 3.50. The fourth-order valence-electron chi connectivity index (χ4n) is 1.47. The van der Waals surface area contributed by atoms with E-state index in [1.165, 1.54) is 29.5 Å². The predicted molar refractivity (Wildman–Crippen MR) is 66.3 cm³/mol. The summed E-state index contributed by atoms with van der Waals surface area (Å²) in [5.41, 5.74) is 0.805. The Kier molecular flexibility index (Phi) is 3.54. The van der Waals surface area contributed by atoms with Crippen LogP contribution < -0.4 is 0 Å². The van der Waals surface area contributed by atoms with Crippen LogP contribution >= 0.6 is 22.9 Å². The molecule has 2 aromatic rings. The number of aromatic nitrogens is 1. The van der Waals surface area contributed by atoms with Gasteiger partial charge in [0.15, 0.2) is 5.78 Å². The lowest BCUT2D eigenvalue weighted by molar-refractivity contribution is 0.0989. The fourth-order valence-corrected chi connectivity index (χ4v) is 2.51. The van der Waals surface area contributed by atoms with Crippen LogP contribution in [0.25, 0.3) is 0 Å². The van der Waals surface area contributed by atoms with Gasteiger partial charge in [-0.3, -0.25) is 4.79 Å². The lowest BCUT2D eigenvalue weighted by Gasteiger charge is -2.03. The molecule has 0 bridgehead atoms. The minimum Gasteiger partial charge on any atom is -0.294 e. The average molecular weight is 270 g/mol. The van der Waals surface area contributed by atoms with Crippen LogP contribution in [0.2, 0.25) is 5.02 Å². The molecular weight excluding hydrogens is 261 g/mol. The van der Waals surface area contributed by atoms with E-state index in [0.717, 1.165) is 5.69 Å². The van der Waals surface area contributed by atoms with Crippen LogP contribution in [0.4, 0.5) is 4.39 Å².